The van der Waals surface area contributed by atoms with Crippen LogP contribution < -0.4 is 9.64 Å². The van der Waals surface area contributed by atoms with Crippen LogP contribution >= 0.6 is 0 Å². The first-order chi connectivity index (χ1) is 19.2. The first-order valence-electron chi connectivity index (χ1n) is 14.2. The molecule has 2 nitrogen and oxygen atoms in total. The molecule has 0 fully saturated rings. The van der Waals surface area contributed by atoms with Crippen molar-refractivity contribution in [3.63, 3.8) is 0 Å². The lowest BCUT2D eigenvalue weighted by Gasteiger charge is -2.30. The van der Waals surface area contributed by atoms with Crippen molar-refractivity contribution in [1.29, 1.82) is 0 Å². The number of anilines is 3. The SMILES string of the molecule is COc1cc(N(c2ccc3c(c2)C(C)(C)c2ccccc2-3)c2ccc3c(c2)C(C)(C)c2ccccc2-3)ccc1C. The van der Waals surface area contributed by atoms with E-state index < -0.39 is 0 Å². The van der Waals surface area contributed by atoms with Crippen LogP contribution in [-0.2, 0) is 10.8 Å². The van der Waals surface area contributed by atoms with Crippen molar-refractivity contribution in [2.45, 2.75) is 45.4 Å². The minimum absolute atomic E-state index is 0.0693. The van der Waals surface area contributed by atoms with Gasteiger partial charge in [0, 0.05) is 34.0 Å². The second kappa shape index (κ2) is 8.60. The smallest absolute Gasteiger partial charge is 0.123 e. The molecule has 0 aromatic heterocycles. The molecule has 2 aliphatic carbocycles. The molecule has 0 aliphatic heterocycles. The fourth-order valence-corrected chi connectivity index (χ4v) is 7.06. The van der Waals surface area contributed by atoms with Crippen LogP contribution in [0, 0.1) is 6.92 Å². The Morgan fingerprint density at radius 2 is 0.925 bits per heavy atom. The number of rotatable bonds is 4. The van der Waals surface area contributed by atoms with E-state index in [4.69, 9.17) is 4.74 Å². The Hall–Kier alpha value is -4.30. The largest absolute Gasteiger partial charge is 0.496 e. The number of nitrogens with zero attached hydrogens (tertiary/aromatic N) is 1. The van der Waals surface area contributed by atoms with E-state index in [-0.39, 0.29) is 10.8 Å². The van der Waals surface area contributed by atoms with Crippen molar-refractivity contribution in [1.82, 2.24) is 0 Å². The van der Waals surface area contributed by atoms with E-state index in [1.807, 2.05) is 0 Å². The van der Waals surface area contributed by atoms with Gasteiger partial charge >= 0.3 is 0 Å². The van der Waals surface area contributed by atoms with Gasteiger partial charge in [-0.1, -0.05) is 94.4 Å². The summed E-state index contributed by atoms with van der Waals surface area (Å²) in [5.41, 5.74) is 15.2. The van der Waals surface area contributed by atoms with Crippen LogP contribution in [-0.4, -0.2) is 7.11 Å². The lowest BCUT2D eigenvalue weighted by molar-refractivity contribution is 0.412. The molecule has 0 bridgehead atoms. The third-order valence-electron chi connectivity index (χ3n) is 9.30. The summed E-state index contributed by atoms with van der Waals surface area (Å²) >= 11 is 0. The Kier molecular flexibility index (Phi) is 5.31. The van der Waals surface area contributed by atoms with E-state index in [2.05, 4.69) is 143 Å². The minimum Gasteiger partial charge on any atom is -0.496 e. The normalized spacial score (nSPS) is 15.2. The second-order valence-corrected chi connectivity index (χ2v) is 12.3. The zero-order valence-electron chi connectivity index (χ0n) is 24.2. The average molecular weight is 522 g/mol. The van der Waals surface area contributed by atoms with E-state index >= 15 is 0 Å². The minimum atomic E-state index is -0.0693. The van der Waals surface area contributed by atoms with Crippen molar-refractivity contribution in [3.05, 3.63) is 131 Å². The molecule has 0 atom stereocenters. The number of benzene rings is 5. The van der Waals surface area contributed by atoms with Gasteiger partial charge in [-0.05, 0) is 87.3 Å². The molecule has 0 amide bonds. The van der Waals surface area contributed by atoms with Crippen molar-refractivity contribution in [3.8, 4) is 28.0 Å². The molecule has 7 rings (SSSR count). The molecule has 0 spiro atoms. The van der Waals surface area contributed by atoms with Gasteiger partial charge in [0.1, 0.15) is 5.75 Å². The van der Waals surface area contributed by atoms with Crippen molar-refractivity contribution < 1.29 is 4.74 Å². The summed E-state index contributed by atoms with van der Waals surface area (Å²) in [5, 5.41) is 0. The van der Waals surface area contributed by atoms with Crippen molar-refractivity contribution in [2.24, 2.45) is 0 Å². The van der Waals surface area contributed by atoms with Crippen molar-refractivity contribution in [2.75, 3.05) is 12.0 Å². The molecule has 2 aliphatic rings. The topological polar surface area (TPSA) is 12.5 Å². The maximum atomic E-state index is 5.78. The number of hydrogen-bond acceptors (Lipinski definition) is 2. The molecular formula is C38H35NO. The number of ether oxygens (including phenoxy) is 1. The van der Waals surface area contributed by atoms with Gasteiger partial charge in [0.2, 0.25) is 0 Å². The number of hydrogen-bond donors (Lipinski definition) is 0. The van der Waals surface area contributed by atoms with Gasteiger partial charge in [-0.15, -0.1) is 0 Å². The predicted octanol–water partition coefficient (Wildman–Crippen LogP) is 10.1. The Bertz CT molecular complexity index is 1700. The summed E-state index contributed by atoms with van der Waals surface area (Å²) in [6.45, 7) is 11.5. The van der Waals surface area contributed by atoms with Gasteiger partial charge in [0.15, 0.2) is 0 Å². The van der Waals surface area contributed by atoms with E-state index in [9.17, 15) is 0 Å². The average Bonchev–Trinajstić information content (AvgIpc) is 3.34. The zero-order valence-corrected chi connectivity index (χ0v) is 24.2. The highest BCUT2D eigenvalue weighted by molar-refractivity contribution is 5.88. The van der Waals surface area contributed by atoms with Crippen LogP contribution in [0.25, 0.3) is 22.3 Å². The van der Waals surface area contributed by atoms with Crippen LogP contribution in [0.1, 0.15) is 55.5 Å². The Labute approximate surface area is 237 Å². The quantitative estimate of drug-likeness (QED) is 0.233. The molecular weight excluding hydrogens is 486 g/mol. The van der Waals surface area contributed by atoms with Crippen LogP contribution in [0.4, 0.5) is 17.1 Å². The molecule has 0 saturated carbocycles. The monoisotopic (exact) mass is 521 g/mol. The summed E-state index contributed by atoms with van der Waals surface area (Å²) in [4.78, 5) is 2.39. The van der Waals surface area contributed by atoms with Gasteiger partial charge < -0.3 is 9.64 Å². The molecule has 5 aromatic rings. The Balaban J connectivity index is 1.44. The molecule has 0 saturated heterocycles. The van der Waals surface area contributed by atoms with Crippen LogP contribution in [0.5, 0.6) is 5.75 Å². The highest BCUT2D eigenvalue weighted by Gasteiger charge is 2.37. The summed E-state index contributed by atoms with van der Waals surface area (Å²) in [6, 6.07) is 38.2. The summed E-state index contributed by atoms with van der Waals surface area (Å²) < 4.78 is 5.78. The van der Waals surface area contributed by atoms with Crippen molar-refractivity contribution >= 4 is 17.1 Å². The fourth-order valence-electron chi connectivity index (χ4n) is 7.06. The molecule has 0 N–H and O–H groups in total. The third-order valence-corrected chi connectivity index (χ3v) is 9.30. The maximum absolute atomic E-state index is 5.78. The first kappa shape index (κ1) is 24.7. The second-order valence-electron chi connectivity index (χ2n) is 12.3. The lowest BCUT2D eigenvalue weighted by atomic mass is 9.82. The van der Waals surface area contributed by atoms with Crippen LogP contribution in [0.2, 0.25) is 0 Å². The molecule has 198 valence electrons. The van der Waals surface area contributed by atoms with E-state index in [1.54, 1.807) is 7.11 Å². The van der Waals surface area contributed by atoms with Crippen LogP contribution in [0.15, 0.2) is 103 Å². The third kappa shape index (κ3) is 3.42. The highest BCUT2D eigenvalue weighted by Crippen LogP contribution is 2.53. The number of fused-ring (bicyclic) bond motifs is 6. The highest BCUT2D eigenvalue weighted by atomic mass is 16.5. The molecule has 0 unspecified atom stereocenters. The predicted molar refractivity (Wildman–Crippen MR) is 168 cm³/mol. The molecule has 0 heterocycles. The molecule has 0 radical (unpaired) electrons. The molecule has 40 heavy (non-hydrogen) atoms. The maximum Gasteiger partial charge on any atom is 0.123 e. The number of aryl methyl sites for hydroxylation is 1. The fraction of sp³-hybridized carbons (Fsp3) is 0.211. The van der Waals surface area contributed by atoms with Gasteiger partial charge in [-0.2, -0.15) is 0 Å². The standard InChI is InChI=1S/C38H35NO/c1-24-15-16-27(23-36(24)40-6)39(25-17-19-30-28-11-7-9-13-32(28)37(2,3)34(30)21-25)26-18-20-31-29-12-8-10-14-33(29)38(4,5)35(31)22-26/h7-23H,1-6H3. The number of methoxy groups -OCH3 is 1. The summed E-state index contributed by atoms with van der Waals surface area (Å²) in [5.74, 6) is 0.894. The Morgan fingerprint density at radius 3 is 1.43 bits per heavy atom. The van der Waals surface area contributed by atoms with E-state index in [1.165, 1.54) is 44.5 Å². The van der Waals surface area contributed by atoms with Gasteiger partial charge in [0.05, 0.1) is 7.11 Å². The summed E-state index contributed by atoms with van der Waals surface area (Å²) in [7, 11) is 1.75. The van der Waals surface area contributed by atoms with E-state index in [0.717, 1.165) is 28.4 Å². The van der Waals surface area contributed by atoms with Gasteiger partial charge in [-0.25, -0.2) is 0 Å². The lowest BCUT2D eigenvalue weighted by Crippen LogP contribution is -2.18. The molecule has 2 heteroatoms. The van der Waals surface area contributed by atoms with Gasteiger partial charge in [0.25, 0.3) is 0 Å². The Morgan fingerprint density at radius 1 is 0.500 bits per heavy atom. The molecule has 5 aromatic carbocycles. The van der Waals surface area contributed by atoms with Crippen LogP contribution in [0.3, 0.4) is 0 Å². The van der Waals surface area contributed by atoms with E-state index in [0.29, 0.717) is 0 Å². The van der Waals surface area contributed by atoms with Gasteiger partial charge in [-0.3, -0.25) is 0 Å². The zero-order chi connectivity index (χ0) is 27.8. The first-order valence-corrected chi connectivity index (χ1v) is 14.2. The summed E-state index contributed by atoms with van der Waals surface area (Å²) in [6.07, 6.45) is 0.